The molecule has 220 valence electrons. The van der Waals surface area contributed by atoms with Crippen molar-refractivity contribution < 1.29 is 23.4 Å². The van der Waals surface area contributed by atoms with Crippen LogP contribution in [0.15, 0.2) is 71.7 Å². The van der Waals surface area contributed by atoms with Crippen LogP contribution in [0.4, 0.5) is 13.2 Å². The van der Waals surface area contributed by atoms with Crippen LogP contribution in [-0.4, -0.2) is 26.4 Å². The van der Waals surface area contributed by atoms with Crippen molar-refractivity contribution in [2.75, 3.05) is 0 Å². The van der Waals surface area contributed by atoms with Crippen molar-refractivity contribution in [2.24, 2.45) is 0 Å². The Morgan fingerprint density at radius 1 is 0.721 bits per heavy atom. The van der Waals surface area contributed by atoms with Gasteiger partial charge in [0.2, 0.25) is 0 Å². The Kier molecular flexibility index (Phi) is 9.74. The summed E-state index contributed by atoms with van der Waals surface area (Å²) in [5, 5.41) is 42.4. The van der Waals surface area contributed by atoms with Crippen molar-refractivity contribution >= 4 is 44.5 Å². The SMILES string of the molecule is CC.CC(O)c1sccc1-c1c[nH]c2ccc(C#N)cc12.N#Cc1ccc2[nH]cc(-c3ccsc3C(O)C(F)(F)F)c2c1. The van der Waals surface area contributed by atoms with Crippen LogP contribution in [-0.2, 0) is 0 Å². The lowest BCUT2D eigenvalue weighted by molar-refractivity contribution is -0.205. The number of halogens is 3. The second-order valence-corrected chi connectivity index (χ2v) is 11.1. The Hall–Kier alpha value is -4.39. The zero-order chi connectivity index (χ0) is 31.3. The van der Waals surface area contributed by atoms with E-state index in [2.05, 4.69) is 16.0 Å². The normalized spacial score (nSPS) is 12.4. The maximum Gasteiger partial charge on any atom is 0.419 e. The lowest BCUT2D eigenvalue weighted by Crippen LogP contribution is -2.19. The summed E-state index contributed by atoms with van der Waals surface area (Å²) in [6.45, 7) is 5.77. The number of nitriles is 2. The molecule has 43 heavy (non-hydrogen) atoms. The molecular weight excluding hydrogens is 594 g/mol. The molecule has 2 atom stereocenters. The zero-order valence-electron chi connectivity index (χ0n) is 23.3. The molecule has 6 rings (SSSR count). The number of H-pyrrole nitrogens is 2. The predicted octanol–water partition coefficient (Wildman–Crippen LogP) is 9.21. The first-order chi connectivity index (χ1) is 20.6. The average molecular weight is 621 g/mol. The molecule has 2 aromatic carbocycles. The van der Waals surface area contributed by atoms with Gasteiger partial charge in [-0.05, 0) is 66.2 Å². The van der Waals surface area contributed by atoms with Gasteiger partial charge in [-0.3, -0.25) is 0 Å². The quantitative estimate of drug-likeness (QED) is 0.157. The number of aromatic amines is 2. The summed E-state index contributed by atoms with van der Waals surface area (Å²) in [5.41, 5.74) is 5.68. The molecule has 4 aromatic heterocycles. The fourth-order valence-corrected chi connectivity index (χ4v) is 6.37. The summed E-state index contributed by atoms with van der Waals surface area (Å²) < 4.78 is 38.3. The number of alkyl halides is 3. The van der Waals surface area contributed by atoms with E-state index in [0.29, 0.717) is 33.2 Å². The van der Waals surface area contributed by atoms with Crippen LogP contribution in [0.1, 0.15) is 53.9 Å². The third-order valence-electron chi connectivity index (χ3n) is 6.53. The second-order valence-electron chi connectivity index (χ2n) is 9.17. The molecule has 0 fully saturated rings. The van der Waals surface area contributed by atoms with Crippen LogP contribution >= 0.6 is 22.7 Å². The number of hydrogen-bond acceptors (Lipinski definition) is 6. The van der Waals surface area contributed by atoms with E-state index < -0.39 is 18.4 Å². The molecule has 0 bridgehead atoms. The fraction of sp³-hybridized carbons (Fsp3) is 0.188. The van der Waals surface area contributed by atoms with E-state index in [9.17, 15) is 23.4 Å². The van der Waals surface area contributed by atoms with Gasteiger partial charge in [0.1, 0.15) is 0 Å². The van der Waals surface area contributed by atoms with Gasteiger partial charge in [0.15, 0.2) is 6.10 Å². The molecule has 0 radical (unpaired) electrons. The van der Waals surface area contributed by atoms with E-state index in [-0.39, 0.29) is 4.88 Å². The molecule has 0 saturated carbocycles. The third-order valence-corrected chi connectivity index (χ3v) is 8.59. The highest BCUT2D eigenvalue weighted by Crippen LogP contribution is 2.43. The maximum atomic E-state index is 12.8. The number of aliphatic hydroxyl groups is 2. The molecule has 0 amide bonds. The summed E-state index contributed by atoms with van der Waals surface area (Å²) in [5.74, 6) is 0. The third kappa shape index (κ3) is 6.51. The smallest absolute Gasteiger partial charge is 0.388 e. The number of nitrogens with zero attached hydrogens (tertiary/aromatic N) is 2. The molecule has 11 heteroatoms. The van der Waals surface area contributed by atoms with E-state index in [1.807, 2.05) is 49.7 Å². The largest absolute Gasteiger partial charge is 0.419 e. The minimum absolute atomic E-state index is 0.157. The molecule has 0 spiro atoms. The Labute approximate surface area is 253 Å². The number of hydrogen-bond donors (Lipinski definition) is 4. The molecular formula is C32H27F3N4O2S2. The van der Waals surface area contributed by atoms with Crippen molar-refractivity contribution in [3.8, 4) is 34.4 Å². The van der Waals surface area contributed by atoms with Crippen molar-refractivity contribution in [2.45, 2.75) is 39.2 Å². The molecule has 6 aromatic rings. The van der Waals surface area contributed by atoms with E-state index in [1.54, 1.807) is 48.7 Å². The van der Waals surface area contributed by atoms with Crippen LogP contribution in [0.3, 0.4) is 0 Å². The van der Waals surface area contributed by atoms with Crippen LogP contribution in [0.2, 0.25) is 0 Å². The molecule has 6 nitrogen and oxygen atoms in total. The number of aliphatic hydroxyl groups excluding tert-OH is 2. The van der Waals surface area contributed by atoms with Gasteiger partial charge in [0, 0.05) is 61.3 Å². The first kappa shape index (κ1) is 31.5. The van der Waals surface area contributed by atoms with Gasteiger partial charge >= 0.3 is 6.18 Å². The van der Waals surface area contributed by atoms with Crippen molar-refractivity contribution in [1.82, 2.24) is 9.97 Å². The highest BCUT2D eigenvalue weighted by molar-refractivity contribution is 7.10. The number of thiophene rings is 2. The minimum atomic E-state index is -4.72. The summed E-state index contributed by atoms with van der Waals surface area (Å²) in [7, 11) is 0. The van der Waals surface area contributed by atoms with E-state index >= 15 is 0 Å². The van der Waals surface area contributed by atoms with Gasteiger partial charge in [-0.2, -0.15) is 23.7 Å². The fourth-order valence-electron chi connectivity index (χ4n) is 4.60. The zero-order valence-corrected chi connectivity index (χ0v) is 25.0. The van der Waals surface area contributed by atoms with Gasteiger partial charge in [-0.25, -0.2) is 0 Å². The summed E-state index contributed by atoms with van der Waals surface area (Å²) in [6, 6.07) is 18.2. The van der Waals surface area contributed by atoms with Gasteiger partial charge in [-0.1, -0.05) is 13.8 Å². The van der Waals surface area contributed by atoms with Crippen molar-refractivity contribution in [3.63, 3.8) is 0 Å². The van der Waals surface area contributed by atoms with Gasteiger partial charge < -0.3 is 20.2 Å². The van der Waals surface area contributed by atoms with E-state index in [0.717, 1.165) is 38.2 Å². The average Bonchev–Trinajstić information content (AvgIpc) is 3.82. The van der Waals surface area contributed by atoms with Crippen LogP contribution in [0.25, 0.3) is 44.1 Å². The van der Waals surface area contributed by atoms with Crippen molar-refractivity contribution in [1.29, 1.82) is 10.5 Å². The molecule has 2 unspecified atom stereocenters. The lowest BCUT2D eigenvalue weighted by atomic mass is 10.0. The van der Waals surface area contributed by atoms with Crippen LogP contribution < -0.4 is 0 Å². The van der Waals surface area contributed by atoms with Gasteiger partial charge in [-0.15, -0.1) is 22.7 Å². The van der Waals surface area contributed by atoms with Crippen molar-refractivity contribution in [3.05, 3.63) is 92.6 Å². The summed E-state index contributed by atoms with van der Waals surface area (Å²) in [4.78, 5) is 6.96. The monoisotopic (exact) mass is 620 g/mol. The molecule has 4 heterocycles. The first-order valence-electron chi connectivity index (χ1n) is 13.2. The van der Waals surface area contributed by atoms with E-state index in [1.165, 1.54) is 11.4 Å². The number of benzene rings is 2. The Morgan fingerprint density at radius 2 is 1.16 bits per heavy atom. The minimum Gasteiger partial charge on any atom is -0.388 e. The molecule has 4 N–H and O–H groups in total. The van der Waals surface area contributed by atoms with E-state index in [4.69, 9.17) is 10.5 Å². The molecule has 0 aliphatic carbocycles. The Bertz CT molecular complexity index is 1930. The van der Waals surface area contributed by atoms with Crippen LogP contribution in [0, 0.1) is 22.7 Å². The standard InChI is InChI=1S/C15H9F3N2OS.C15H12N2OS.C2H6/c16-15(17,18)14(21)13-9(3-4-22-13)11-7-20-12-2-1-8(6-19)5-10(11)12;1-9(18)15-11(4-5-19-15)13-8-17-14-3-2-10(7-16)6-12(13)14;1-2/h1-5,7,14,20-21H;2-6,8-9,17-18H,1H3;1-2H3. The number of rotatable bonds is 4. The molecule has 0 saturated heterocycles. The van der Waals surface area contributed by atoms with Crippen LogP contribution in [0.5, 0.6) is 0 Å². The number of fused-ring (bicyclic) bond motifs is 2. The summed E-state index contributed by atoms with van der Waals surface area (Å²) in [6.07, 6.45) is -4.21. The Balaban J connectivity index is 0.000000188. The number of nitrogens with one attached hydrogen (secondary N) is 2. The maximum absolute atomic E-state index is 12.8. The van der Waals surface area contributed by atoms with Gasteiger partial charge in [0.05, 0.1) is 34.2 Å². The molecule has 0 aliphatic heterocycles. The first-order valence-corrected chi connectivity index (χ1v) is 15.0. The number of aromatic nitrogens is 2. The highest BCUT2D eigenvalue weighted by Gasteiger charge is 2.41. The predicted molar refractivity (Wildman–Crippen MR) is 166 cm³/mol. The topological polar surface area (TPSA) is 120 Å². The summed E-state index contributed by atoms with van der Waals surface area (Å²) >= 11 is 2.40. The second kappa shape index (κ2) is 13.3. The highest BCUT2D eigenvalue weighted by atomic mass is 32.1. The van der Waals surface area contributed by atoms with Gasteiger partial charge in [0.25, 0.3) is 0 Å². The molecule has 0 aliphatic rings. The lowest BCUT2D eigenvalue weighted by Gasteiger charge is -2.14. The Morgan fingerprint density at radius 3 is 1.58 bits per heavy atom.